The van der Waals surface area contributed by atoms with Gasteiger partial charge >= 0.3 is 0 Å². The molecule has 0 fully saturated rings. The highest BCUT2D eigenvalue weighted by Crippen LogP contribution is 2.40. The molecule has 0 spiro atoms. The van der Waals surface area contributed by atoms with E-state index in [1.54, 1.807) is 6.92 Å². The molecule has 0 radical (unpaired) electrons. The van der Waals surface area contributed by atoms with E-state index in [0.717, 1.165) is 0 Å². The number of phenols is 2. The van der Waals surface area contributed by atoms with Gasteiger partial charge in [-0.2, -0.15) is 0 Å². The van der Waals surface area contributed by atoms with Gasteiger partial charge in [0.2, 0.25) is 0 Å². The first kappa shape index (κ1) is 9.00. The van der Waals surface area contributed by atoms with E-state index in [1.165, 1.54) is 13.2 Å². The summed E-state index contributed by atoms with van der Waals surface area (Å²) in [5.74, 6) is -0.0542. The second-order valence-electron chi connectivity index (χ2n) is 2.38. The molecule has 3 nitrogen and oxygen atoms in total. The van der Waals surface area contributed by atoms with Crippen LogP contribution in [0.15, 0.2) is 6.07 Å². The van der Waals surface area contributed by atoms with E-state index >= 15 is 0 Å². The molecule has 0 heterocycles. The molecule has 1 aromatic rings. The lowest BCUT2D eigenvalue weighted by Gasteiger charge is -2.09. The number of benzene rings is 1. The number of hydrogen-bond acceptors (Lipinski definition) is 3. The minimum absolute atomic E-state index is 0.198. The van der Waals surface area contributed by atoms with Crippen LogP contribution in [0.5, 0.6) is 17.2 Å². The highest BCUT2D eigenvalue weighted by Gasteiger charge is 2.12. The van der Waals surface area contributed by atoms with Crippen LogP contribution in [0.2, 0.25) is 5.02 Å². The van der Waals surface area contributed by atoms with E-state index in [0.29, 0.717) is 11.3 Å². The highest BCUT2D eigenvalue weighted by atomic mass is 35.5. The third-order valence-corrected chi connectivity index (χ3v) is 1.90. The minimum atomic E-state index is -0.238. The van der Waals surface area contributed by atoms with Crippen LogP contribution in [0.3, 0.4) is 0 Å². The maximum absolute atomic E-state index is 9.25. The van der Waals surface area contributed by atoms with E-state index in [1.807, 2.05) is 0 Å². The Kier molecular flexibility index (Phi) is 2.33. The number of aromatic hydroxyl groups is 2. The van der Waals surface area contributed by atoms with Crippen molar-refractivity contribution < 1.29 is 14.9 Å². The van der Waals surface area contributed by atoms with Gasteiger partial charge in [-0.15, -0.1) is 0 Å². The van der Waals surface area contributed by atoms with Gasteiger partial charge in [0.1, 0.15) is 5.75 Å². The number of phenolic OH excluding ortho intramolecular Hbond substituents is 2. The maximum Gasteiger partial charge on any atom is 0.164 e. The van der Waals surface area contributed by atoms with Gasteiger partial charge in [0.15, 0.2) is 11.5 Å². The molecule has 0 amide bonds. The molecule has 0 aliphatic carbocycles. The Morgan fingerprint density at radius 2 is 2.00 bits per heavy atom. The summed E-state index contributed by atoms with van der Waals surface area (Å²) >= 11 is 5.71. The zero-order chi connectivity index (χ0) is 9.30. The second kappa shape index (κ2) is 3.11. The van der Waals surface area contributed by atoms with Crippen LogP contribution in [0.1, 0.15) is 5.56 Å². The van der Waals surface area contributed by atoms with Crippen molar-refractivity contribution >= 4 is 11.6 Å². The summed E-state index contributed by atoms with van der Waals surface area (Å²) in [6.45, 7) is 1.61. The van der Waals surface area contributed by atoms with Crippen LogP contribution in [-0.4, -0.2) is 17.3 Å². The second-order valence-corrected chi connectivity index (χ2v) is 2.79. The van der Waals surface area contributed by atoms with Gasteiger partial charge in [0, 0.05) is 11.6 Å². The van der Waals surface area contributed by atoms with Crippen molar-refractivity contribution in [2.75, 3.05) is 7.11 Å². The van der Waals surface area contributed by atoms with Crippen LogP contribution in [0.25, 0.3) is 0 Å². The summed E-state index contributed by atoms with van der Waals surface area (Å²) in [6.07, 6.45) is 0. The highest BCUT2D eigenvalue weighted by molar-refractivity contribution is 6.32. The van der Waals surface area contributed by atoms with Crippen molar-refractivity contribution in [1.82, 2.24) is 0 Å². The van der Waals surface area contributed by atoms with Crippen LogP contribution >= 0.6 is 11.6 Å². The Hall–Kier alpha value is -1.09. The van der Waals surface area contributed by atoms with Gasteiger partial charge in [0.05, 0.1) is 12.1 Å². The minimum Gasteiger partial charge on any atom is -0.504 e. The Morgan fingerprint density at radius 1 is 1.42 bits per heavy atom. The SMILES string of the molecule is COc1c(Cl)cc(O)c(O)c1C. The predicted molar refractivity (Wildman–Crippen MR) is 46.1 cm³/mol. The Labute approximate surface area is 75.2 Å². The van der Waals surface area contributed by atoms with Gasteiger partial charge in [0.25, 0.3) is 0 Å². The first-order valence-corrected chi connectivity index (χ1v) is 3.70. The Balaban J connectivity index is 3.40. The molecule has 0 bridgehead atoms. The van der Waals surface area contributed by atoms with Gasteiger partial charge in [-0.05, 0) is 6.92 Å². The monoisotopic (exact) mass is 188 g/mol. The van der Waals surface area contributed by atoms with Crippen molar-refractivity contribution in [3.63, 3.8) is 0 Å². The molecule has 0 aliphatic heterocycles. The lowest BCUT2D eigenvalue weighted by atomic mass is 10.2. The zero-order valence-electron chi connectivity index (χ0n) is 6.76. The summed E-state index contributed by atoms with van der Waals surface area (Å²) in [5.41, 5.74) is 0.433. The molecule has 0 aliphatic rings. The Morgan fingerprint density at radius 3 is 2.50 bits per heavy atom. The number of hydrogen-bond donors (Lipinski definition) is 2. The third-order valence-electron chi connectivity index (χ3n) is 1.62. The molecule has 0 atom stereocenters. The fraction of sp³-hybridized carbons (Fsp3) is 0.250. The molecule has 1 rings (SSSR count). The molecule has 2 N–H and O–H groups in total. The summed E-state index contributed by atoms with van der Waals surface area (Å²) < 4.78 is 4.91. The quantitative estimate of drug-likeness (QED) is 0.664. The van der Waals surface area contributed by atoms with E-state index in [-0.39, 0.29) is 16.5 Å². The third kappa shape index (κ3) is 1.28. The van der Waals surface area contributed by atoms with E-state index < -0.39 is 0 Å². The fourth-order valence-electron chi connectivity index (χ4n) is 0.983. The molecule has 66 valence electrons. The first-order chi connectivity index (χ1) is 5.57. The predicted octanol–water partition coefficient (Wildman–Crippen LogP) is 2.07. The van der Waals surface area contributed by atoms with E-state index in [4.69, 9.17) is 21.4 Å². The Bertz CT molecular complexity index is 310. The van der Waals surface area contributed by atoms with Gasteiger partial charge in [-0.3, -0.25) is 0 Å². The lowest BCUT2D eigenvalue weighted by Crippen LogP contribution is -1.88. The van der Waals surface area contributed by atoms with Gasteiger partial charge in [-0.25, -0.2) is 0 Å². The smallest absolute Gasteiger partial charge is 0.164 e. The summed E-state index contributed by atoms with van der Waals surface area (Å²) in [5, 5.41) is 18.6. The zero-order valence-corrected chi connectivity index (χ0v) is 7.51. The molecular formula is C8H9ClO3. The summed E-state index contributed by atoms with van der Waals surface area (Å²) in [6, 6.07) is 1.24. The molecule has 1 aromatic carbocycles. The molecule has 4 heteroatoms. The van der Waals surface area contributed by atoms with Crippen molar-refractivity contribution in [3.8, 4) is 17.2 Å². The lowest BCUT2D eigenvalue weighted by molar-refractivity contribution is 0.381. The number of methoxy groups -OCH3 is 1. The van der Waals surface area contributed by atoms with Crippen molar-refractivity contribution in [3.05, 3.63) is 16.7 Å². The molecule has 0 saturated carbocycles. The van der Waals surface area contributed by atoms with Crippen LogP contribution in [0, 0.1) is 6.92 Å². The number of rotatable bonds is 1. The van der Waals surface area contributed by atoms with Gasteiger partial charge in [-0.1, -0.05) is 11.6 Å². The average Bonchev–Trinajstić information content (AvgIpc) is 2.01. The topological polar surface area (TPSA) is 49.7 Å². The van der Waals surface area contributed by atoms with Crippen molar-refractivity contribution in [1.29, 1.82) is 0 Å². The summed E-state index contributed by atoms with van der Waals surface area (Å²) in [7, 11) is 1.45. The van der Waals surface area contributed by atoms with Crippen LogP contribution < -0.4 is 4.74 Å². The van der Waals surface area contributed by atoms with Crippen molar-refractivity contribution in [2.24, 2.45) is 0 Å². The fourth-order valence-corrected chi connectivity index (χ4v) is 1.31. The van der Waals surface area contributed by atoms with Crippen LogP contribution in [0.4, 0.5) is 0 Å². The molecular weight excluding hydrogens is 180 g/mol. The van der Waals surface area contributed by atoms with E-state index in [2.05, 4.69) is 0 Å². The molecule has 12 heavy (non-hydrogen) atoms. The van der Waals surface area contributed by atoms with Crippen LogP contribution in [-0.2, 0) is 0 Å². The summed E-state index contributed by atoms with van der Waals surface area (Å²) in [4.78, 5) is 0. The number of ether oxygens (including phenoxy) is 1. The van der Waals surface area contributed by atoms with E-state index in [9.17, 15) is 5.11 Å². The number of halogens is 1. The first-order valence-electron chi connectivity index (χ1n) is 3.33. The maximum atomic E-state index is 9.25. The molecule has 0 saturated heterocycles. The standard InChI is InChI=1S/C8H9ClO3/c1-4-7(11)6(10)3-5(9)8(4)12-2/h3,10-11H,1-2H3. The largest absolute Gasteiger partial charge is 0.504 e. The normalized spacial score (nSPS) is 9.92. The van der Waals surface area contributed by atoms with Gasteiger partial charge < -0.3 is 14.9 Å². The molecule has 0 unspecified atom stereocenters. The average molecular weight is 189 g/mol. The van der Waals surface area contributed by atoms with Crippen molar-refractivity contribution in [2.45, 2.75) is 6.92 Å². The molecule has 0 aromatic heterocycles.